The van der Waals surface area contributed by atoms with E-state index in [0.29, 0.717) is 17.3 Å². The first kappa shape index (κ1) is 19.5. The van der Waals surface area contributed by atoms with Gasteiger partial charge in [-0.2, -0.15) is 0 Å². The van der Waals surface area contributed by atoms with Crippen LogP contribution in [0.2, 0.25) is 0 Å². The number of hydrogen-bond acceptors (Lipinski definition) is 4. The first-order valence-electron chi connectivity index (χ1n) is 9.63. The Bertz CT molecular complexity index is 1200. The Morgan fingerprint density at radius 1 is 0.967 bits per heavy atom. The minimum absolute atomic E-state index is 0.122. The number of carbonyl (C=O) groups excluding carboxylic acids is 1. The van der Waals surface area contributed by atoms with E-state index < -0.39 is 0 Å². The molecular weight excluding hydrogens is 378 g/mol. The molecule has 4 aromatic rings. The number of amides is 1. The van der Waals surface area contributed by atoms with Gasteiger partial charge in [-0.05, 0) is 49.4 Å². The van der Waals surface area contributed by atoms with Gasteiger partial charge in [-0.1, -0.05) is 29.8 Å². The number of methoxy groups -OCH3 is 2. The van der Waals surface area contributed by atoms with Crippen LogP contribution in [0.4, 0.5) is 5.69 Å². The van der Waals surface area contributed by atoms with Gasteiger partial charge in [0.05, 0.1) is 25.3 Å². The number of carbonyl (C=O) groups is 1. The van der Waals surface area contributed by atoms with Crippen molar-refractivity contribution in [1.82, 2.24) is 9.55 Å². The molecular formula is C24H23N3O3. The minimum Gasteiger partial charge on any atom is -0.493 e. The number of anilines is 1. The molecule has 0 unspecified atom stereocenters. The van der Waals surface area contributed by atoms with E-state index in [4.69, 9.17) is 14.5 Å². The molecule has 0 aliphatic carbocycles. The fourth-order valence-corrected chi connectivity index (χ4v) is 3.41. The Hall–Kier alpha value is -3.80. The maximum Gasteiger partial charge on any atom is 0.244 e. The standard InChI is InChI=1S/C24H23N3O3/c1-16-8-11-18(12-9-16)25-23(28)15-27-20-7-5-4-6-19(20)26-24(27)17-10-13-21(29-2)22(14-17)30-3/h4-14H,15H2,1-3H3,(H,25,28). The summed E-state index contributed by atoms with van der Waals surface area (Å²) in [5.41, 5.74) is 4.46. The van der Waals surface area contributed by atoms with Crippen molar-refractivity contribution in [3.63, 3.8) is 0 Å². The van der Waals surface area contributed by atoms with Crippen LogP contribution in [0, 0.1) is 6.92 Å². The fraction of sp³-hybridized carbons (Fsp3) is 0.167. The Morgan fingerprint density at radius 3 is 2.43 bits per heavy atom. The summed E-state index contributed by atoms with van der Waals surface area (Å²) in [7, 11) is 3.20. The summed E-state index contributed by atoms with van der Waals surface area (Å²) in [6.07, 6.45) is 0. The maximum atomic E-state index is 12.8. The van der Waals surface area contributed by atoms with Gasteiger partial charge >= 0.3 is 0 Å². The first-order valence-corrected chi connectivity index (χ1v) is 9.63. The van der Waals surface area contributed by atoms with Crippen molar-refractivity contribution in [2.45, 2.75) is 13.5 Å². The number of benzene rings is 3. The van der Waals surface area contributed by atoms with Crippen LogP contribution in [0.1, 0.15) is 5.56 Å². The number of aromatic nitrogens is 2. The highest BCUT2D eigenvalue weighted by Crippen LogP contribution is 2.33. The number of imidazole rings is 1. The summed E-state index contributed by atoms with van der Waals surface area (Å²) < 4.78 is 12.7. The molecule has 0 bridgehead atoms. The highest BCUT2D eigenvalue weighted by atomic mass is 16.5. The number of ether oxygens (including phenoxy) is 2. The Labute approximate surface area is 175 Å². The van der Waals surface area contributed by atoms with Crippen LogP contribution in [0.15, 0.2) is 66.7 Å². The average Bonchev–Trinajstić information content (AvgIpc) is 3.13. The number of para-hydroxylation sites is 2. The summed E-state index contributed by atoms with van der Waals surface area (Å²) in [5.74, 6) is 1.82. The molecule has 0 saturated carbocycles. The number of rotatable bonds is 6. The zero-order chi connectivity index (χ0) is 21.1. The predicted molar refractivity (Wildman–Crippen MR) is 118 cm³/mol. The van der Waals surface area contributed by atoms with E-state index in [0.717, 1.165) is 27.8 Å². The third-order valence-corrected chi connectivity index (χ3v) is 4.93. The van der Waals surface area contributed by atoms with Crippen molar-refractivity contribution in [2.24, 2.45) is 0 Å². The fourth-order valence-electron chi connectivity index (χ4n) is 3.41. The van der Waals surface area contributed by atoms with Gasteiger partial charge in [0.25, 0.3) is 0 Å². The van der Waals surface area contributed by atoms with Crippen molar-refractivity contribution < 1.29 is 14.3 Å². The molecule has 6 heteroatoms. The Morgan fingerprint density at radius 2 is 1.70 bits per heavy atom. The Balaban J connectivity index is 1.72. The third kappa shape index (κ3) is 3.85. The lowest BCUT2D eigenvalue weighted by Crippen LogP contribution is -2.19. The van der Waals surface area contributed by atoms with E-state index in [1.807, 2.05) is 78.2 Å². The molecule has 0 aliphatic rings. The van der Waals surface area contributed by atoms with Crippen molar-refractivity contribution >= 4 is 22.6 Å². The lowest BCUT2D eigenvalue weighted by molar-refractivity contribution is -0.116. The van der Waals surface area contributed by atoms with Gasteiger partial charge < -0.3 is 19.4 Å². The van der Waals surface area contributed by atoms with E-state index in [-0.39, 0.29) is 12.5 Å². The zero-order valence-corrected chi connectivity index (χ0v) is 17.2. The second-order valence-electron chi connectivity index (χ2n) is 6.99. The smallest absolute Gasteiger partial charge is 0.244 e. The summed E-state index contributed by atoms with van der Waals surface area (Å²) in [4.78, 5) is 17.6. The summed E-state index contributed by atoms with van der Waals surface area (Å²) >= 11 is 0. The maximum absolute atomic E-state index is 12.8. The van der Waals surface area contributed by atoms with E-state index in [2.05, 4.69) is 5.32 Å². The predicted octanol–water partition coefficient (Wildman–Crippen LogP) is 4.67. The van der Waals surface area contributed by atoms with Crippen LogP contribution in [0.3, 0.4) is 0 Å². The normalized spacial score (nSPS) is 10.8. The molecule has 4 rings (SSSR count). The molecule has 1 heterocycles. The summed E-state index contributed by atoms with van der Waals surface area (Å²) in [6, 6.07) is 21.1. The molecule has 0 atom stereocenters. The molecule has 1 N–H and O–H groups in total. The molecule has 0 saturated heterocycles. The molecule has 0 spiro atoms. The van der Waals surface area contributed by atoms with Crippen LogP contribution in [0.25, 0.3) is 22.4 Å². The number of hydrogen-bond donors (Lipinski definition) is 1. The van der Waals surface area contributed by atoms with Crippen LogP contribution >= 0.6 is 0 Å². The van der Waals surface area contributed by atoms with Gasteiger partial charge in [0.1, 0.15) is 12.4 Å². The first-order chi connectivity index (χ1) is 14.6. The highest BCUT2D eigenvalue weighted by molar-refractivity contribution is 5.92. The van der Waals surface area contributed by atoms with Crippen LogP contribution in [0.5, 0.6) is 11.5 Å². The van der Waals surface area contributed by atoms with E-state index in [1.165, 1.54) is 0 Å². The molecule has 1 aromatic heterocycles. The van der Waals surface area contributed by atoms with Gasteiger partial charge in [-0.3, -0.25) is 4.79 Å². The van der Waals surface area contributed by atoms with E-state index in [1.54, 1.807) is 14.2 Å². The summed E-state index contributed by atoms with van der Waals surface area (Å²) in [6.45, 7) is 2.15. The van der Waals surface area contributed by atoms with Crippen molar-refractivity contribution in [1.29, 1.82) is 0 Å². The molecule has 1 amide bonds. The zero-order valence-electron chi connectivity index (χ0n) is 17.2. The van der Waals surface area contributed by atoms with Gasteiger partial charge in [0.15, 0.2) is 11.5 Å². The Kier molecular flexibility index (Phi) is 5.39. The van der Waals surface area contributed by atoms with E-state index >= 15 is 0 Å². The molecule has 30 heavy (non-hydrogen) atoms. The van der Waals surface area contributed by atoms with Gasteiger partial charge in [0, 0.05) is 11.3 Å². The molecule has 152 valence electrons. The second-order valence-corrected chi connectivity index (χ2v) is 6.99. The van der Waals surface area contributed by atoms with Gasteiger partial charge in [-0.15, -0.1) is 0 Å². The number of nitrogens with zero attached hydrogens (tertiary/aromatic N) is 2. The summed E-state index contributed by atoms with van der Waals surface area (Å²) in [5, 5.41) is 2.96. The number of nitrogens with one attached hydrogen (secondary N) is 1. The largest absolute Gasteiger partial charge is 0.493 e. The van der Waals surface area contributed by atoms with Crippen LogP contribution in [-0.2, 0) is 11.3 Å². The quantitative estimate of drug-likeness (QED) is 0.510. The monoisotopic (exact) mass is 401 g/mol. The average molecular weight is 401 g/mol. The van der Waals surface area contributed by atoms with Crippen LogP contribution in [-0.4, -0.2) is 29.7 Å². The minimum atomic E-state index is -0.122. The van der Waals surface area contributed by atoms with Crippen LogP contribution < -0.4 is 14.8 Å². The lowest BCUT2D eigenvalue weighted by atomic mass is 10.2. The van der Waals surface area contributed by atoms with Crippen molar-refractivity contribution in [3.05, 3.63) is 72.3 Å². The molecule has 0 radical (unpaired) electrons. The molecule has 0 fully saturated rings. The van der Waals surface area contributed by atoms with Crippen molar-refractivity contribution in [3.8, 4) is 22.9 Å². The topological polar surface area (TPSA) is 65.4 Å². The van der Waals surface area contributed by atoms with Gasteiger partial charge in [0.2, 0.25) is 5.91 Å². The number of fused-ring (bicyclic) bond motifs is 1. The number of aryl methyl sites for hydroxylation is 1. The molecule has 6 nitrogen and oxygen atoms in total. The molecule has 0 aliphatic heterocycles. The molecule has 3 aromatic carbocycles. The lowest BCUT2D eigenvalue weighted by Gasteiger charge is -2.12. The third-order valence-electron chi connectivity index (χ3n) is 4.93. The SMILES string of the molecule is COc1ccc(-c2nc3ccccc3n2CC(=O)Nc2ccc(C)cc2)cc1OC. The highest BCUT2D eigenvalue weighted by Gasteiger charge is 2.17. The van der Waals surface area contributed by atoms with Gasteiger partial charge in [-0.25, -0.2) is 4.98 Å². The van der Waals surface area contributed by atoms with Crippen molar-refractivity contribution in [2.75, 3.05) is 19.5 Å². The van der Waals surface area contributed by atoms with E-state index in [9.17, 15) is 4.79 Å². The second kappa shape index (κ2) is 8.29.